The fourth-order valence-corrected chi connectivity index (χ4v) is 0.767. The molecular formula is C6H8NO. The van der Waals surface area contributed by atoms with Crippen LogP contribution in [0.3, 0.4) is 0 Å². The van der Waals surface area contributed by atoms with Crippen LogP contribution in [0.15, 0.2) is 6.58 Å². The van der Waals surface area contributed by atoms with Gasteiger partial charge in [-0.15, -0.1) is 0 Å². The van der Waals surface area contributed by atoms with E-state index in [4.69, 9.17) is 0 Å². The Hall–Kier alpha value is -0.790. The van der Waals surface area contributed by atoms with Crippen LogP contribution < -0.4 is 5.32 Å². The SMILES string of the molecule is C=[C]C1CCC(=O)N1. The maximum atomic E-state index is 10.4. The predicted molar refractivity (Wildman–Crippen MR) is 30.0 cm³/mol. The molecule has 0 aromatic carbocycles. The minimum absolute atomic E-state index is 0.113. The van der Waals surface area contributed by atoms with Gasteiger partial charge in [0.1, 0.15) is 0 Å². The van der Waals surface area contributed by atoms with E-state index in [9.17, 15) is 4.79 Å². The summed E-state index contributed by atoms with van der Waals surface area (Å²) in [5, 5.41) is 2.69. The molecule has 0 spiro atoms. The second-order valence-electron chi connectivity index (χ2n) is 1.86. The van der Waals surface area contributed by atoms with E-state index in [0.29, 0.717) is 6.42 Å². The van der Waals surface area contributed by atoms with Crippen molar-refractivity contribution in [3.63, 3.8) is 0 Å². The highest BCUT2D eigenvalue weighted by molar-refractivity contribution is 5.78. The summed E-state index contributed by atoms with van der Waals surface area (Å²) in [6.45, 7) is 3.44. The van der Waals surface area contributed by atoms with Gasteiger partial charge in [0, 0.05) is 6.42 Å². The first-order chi connectivity index (χ1) is 3.83. The van der Waals surface area contributed by atoms with Gasteiger partial charge in [0.15, 0.2) is 0 Å². The lowest BCUT2D eigenvalue weighted by Crippen LogP contribution is -2.22. The molecule has 1 aliphatic rings. The van der Waals surface area contributed by atoms with Crippen molar-refractivity contribution in [2.24, 2.45) is 0 Å². The number of amides is 1. The molecule has 1 aliphatic heterocycles. The average Bonchev–Trinajstić information content (AvgIpc) is 2.14. The van der Waals surface area contributed by atoms with Gasteiger partial charge in [0.25, 0.3) is 0 Å². The van der Waals surface area contributed by atoms with Gasteiger partial charge in [-0.2, -0.15) is 0 Å². The van der Waals surface area contributed by atoms with Crippen LogP contribution in [0, 0.1) is 6.08 Å². The van der Waals surface area contributed by atoms with Crippen LogP contribution >= 0.6 is 0 Å². The van der Waals surface area contributed by atoms with Crippen molar-refractivity contribution in [2.75, 3.05) is 0 Å². The third-order valence-electron chi connectivity index (χ3n) is 1.24. The summed E-state index contributed by atoms with van der Waals surface area (Å²) in [6, 6.07) is 0.113. The second kappa shape index (κ2) is 1.99. The molecule has 1 N–H and O–H groups in total. The quantitative estimate of drug-likeness (QED) is 0.515. The molecule has 0 aromatic heterocycles. The zero-order chi connectivity index (χ0) is 5.98. The van der Waals surface area contributed by atoms with E-state index in [2.05, 4.69) is 18.0 Å². The Balaban J connectivity index is 2.43. The van der Waals surface area contributed by atoms with Crippen LogP contribution in [0.2, 0.25) is 0 Å². The van der Waals surface area contributed by atoms with E-state index >= 15 is 0 Å². The average molecular weight is 110 g/mol. The Morgan fingerprint density at radius 2 is 2.62 bits per heavy atom. The van der Waals surface area contributed by atoms with Crippen molar-refractivity contribution in [1.82, 2.24) is 5.32 Å². The van der Waals surface area contributed by atoms with Crippen LogP contribution in [-0.2, 0) is 4.79 Å². The van der Waals surface area contributed by atoms with Gasteiger partial charge >= 0.3 is 0 Å². The molecule has 1 saturated heterocycles. The summed E-state index contributed by atoms with van der Waals surface area (Å²) in [6.07, 6.45) is 4.21. The van der Waals surface area contributed by atoms with Gasteiger partial charge in [0.05, 0.1) is 6.04 Å². The summed E-state index contributed by atoms with van der Waals surface area (Å²) in [4.78, 5) is 10.4. The summed E-state index contributed by atoms with van der Waals surface area (Å²) in [7, 11) is 0. The number of hydrogen-bond acceptors (Lipinski definition) is 1. The van der Waals surface area contributed by atoms with Crippen molar-refractivity contribution in [2.45, 2.75) is 18.9 Å². The third-order valence-corrected chi connectivity index (χ3v) is 1.24. The smallest absolute Gasteiger partial charge is 0.220 e. The van der Waals surface area contributed by atoms with Crippen LogP contribution in [-0.4, -0.2) is 11.9 Å². The molecule has 1 fully saturated rings. The molecule has 1 unspecified atom stereocenters. The van der Waals surface area contributed by atoms with Crippen molar-refractivity contribution in [3.8, 4) is 0 Å². The molecular weight excluding hydrogens is 102 g/mol. The van der Waals surface area contributed by atoms with Crippen LogP contribution in [0.25, 0.3) is 0 Å². The highest BCUT2D eigenvalue weighted by Crippen LogP contribution is 2.04. The number of carbonyl (C=O) groups is 1. The first-order valence-corrected chi connectivity index (χ1v) is 2.65. The van der Waals surface area contributed by atoms with E-state index < -0.39 is 0 Å². The number of carbonyl (C=O) groups excluding carboxylic acids is 1. The molecule has 1 rings (SSSR count). The first kappa shape index (κ1) is 5.35. The van der Waals surface area contributed by atoms with Crippen molar-refractivity contribution in [3.05, 3.63) is 12.7 Å². The molecule has 1 radical (unpaired) electrons. The first-order valence-electron chi connectivity index (χ1n) is 2.65. The largest absolute Gasteiger partial charge is 0.349 e. The van der Waals surface area contributed by atoms with Gasteiger partial charge in [0.2, 0.25) is 5.91 Å². The Kier molecular flexibility index (Phi) is 1.33. The summed E-state index contributed by atoms with van der Waals surface area (Å²) in [5.74, 6) is 0.117. The molecule has 0 aromatic rings. The van der Waals surface area contributed by atoms with Gasteiger partial charge < -0.3 is 5.32 Å². The highest BCUT2D eigenvalue weighted by atomic mass is 16.1. The van der Waals surface area contributed by atoms with E-state index in [1.807, 2.05) is 0 Å². The second-order valence-corrected chi connectivity index (χ2v) is 1.86. The molecule has 2 heteroatoms. The summed E-state index contributed by atoms with van der Waals surface area (Å²) in [5.41, 5.74) is 0. The molecule has 43 valence electrons. The normalized spacial score (nSPS) is 27.5. The standard InChI is InChI=1S/C6H8NO/c1-2-5-3-4-6(8)7-5/h5H,1,3-4H2,(H,7,8). The molecule has 1 heterocycles. The Morgan fingerprint density at radius 1 is 1.88 bits per heavy atom. The Labute approximate surface area is 48.6 Å². The highest BCUT2D eigenvalue weighted by Gasteiger charge is 2.16. The maximum Gasteiger partial charge on any atom is 0.220 e. The third kappa shape index (κ3) is 0.886. The molecule has 0 saturated carbocycles. The molecule has 0 aliphatic carbocycles. The van der Waals surface area contributed by atoms with Crippen molar-refractivity contribution in [1.29, 1.82) is 0 Å². The van der Waals surface area contributed by atoms with Crippen molar-refractivity contribution >= 4 is 5.91 Å². The molecule has 1 atom stereocenters. The monoisotopic (exact) mass is 110 g/mol. The van der Waals surface area contributed by atoms with E-state index in [-0.39, 0.29) is 11.9 Å². The maximum absolute atomic E-state index is 10.4. The summed E-state index contributed by atoms with van der Waals surface area (Å²) < 4.78 is 0. The predicted octanol–water partition coefficient (Wildman–Crippen LogP) is 0.254. The van der Waals surface area contributed by atoms with E-state index in [1.165, 1.54) is 0 Å². The molecule has 1 amide bonds. The van der Waals surface area contributed by atoms with Crippen LogP contribution in [0.5, 0.6) is 0 Å². The fourth-order valence-electron chi connectivity index (χ4n) is 0.767. The lowest BCUT2D eigenvalue weighted by atomic mass is 10.2. The topological polar surface area (TPSA) is 29.1 Å². The Bertz CT molecular complexity index is 120. The minimum atomic E-state index is 0.113. The Morgan fingerprint density at radius 3 is 2.88 bits per heavy atom. The number of rotatable bonds is 1. The van der Waals surface area contributed by atoms with E-state index in [1.54, 1.807) is 0 Å². The van der Waals surface area contributed by atoms with Gasteiger partial charge in [-0.05, 0) is 12.5 Å². The zero-order valence-corrected chi connectivity index (χ0v) is 4.61. The minimum Gasteiger partial charge on any atom is -0.349 e. The zero-order valence-electron chi connectivity index (χ0n) is 4.61. The van der Waals surface area contributed by atoms with Gasteiger partial charge in [-0.25, -0.2) is 0 Å². The van der Waals surface area contributed by atoms with E-state index in [0.717, 1.165) is 6.42 Å². The van der Waals surface area contributed by atoms with Crippen LogP contribution in [0.4, 0.5) is 0 Å². The molecule has 0 bridgehead atoms. The number of nitrogens with one attached hydrogen (secondary N) is 1. The van der Waals surface area contributed by atoms with Crippen molar-refractivity contribution < 1.29 is 4.79 Å². The van der Waals surface area contributed by atoms with Gasteiger partial charge in [-0.3, -0.25) is 4.79 Å². The molecule has 2 nitrogen and oxygen atoms in total. The number of hydrogen-bond donors (Lipinski definition) is 1. The lowest BCUT2D eigenvalue weighted by molar-refractivity contribution is -0.119. The summed E-state index contributed by atoms with van der Waals surface area (Å²) >= 11 is 0. The van der Waals surface area contributed by atoms with Gasteiger partial charge in [-0.1, -0.05) is 6.58 Å². The molecule has 8 heavy (non-hydrogen) atoms. The van der Waals surface area contributed by atoms with Crippen LogP contribution in [0.1, 0.15) is 12.8 Å². The fraction of sp³-hybridized carbons (Fsp3) is 0.500. The lowest BCUT2D eigenvalue weighted by Gasteiger charge is -1.97.